The molecule has 0 saturated heterocycles. The van der Waals surface area contributed by atoms with E-state index in [2.05, 4.69) is 9.71 Å². The maximum Gasteiger partial charge on any atom is 0.252 e. The van der Waals surface area contributed by atoms with Crippen LogP contribution in [0.25, 0.3) is 10.9 Å². The summed E-state index contributed by atoms with van der Waals surface area (Å²) in [5, 5.41) is 1.23. The number of aromatic amines is 1. The van der Waals surface area contributed by atoms with E-state index in [9.17, 15) is 13.2 Å². The van der Waals surface area contributed by atoms with Crippen molar-refractivity contribution >= 4 is 44.1 Å². The number of para-hydroxylation sites is 1. The Labute approximate surface area is 148 Å². The number of halogens is 2. The number of H-pyrrole nitrogens is 1. The summed E-state index contributed by atoms with van der Waals surface area (Å²) in [5.74, 6) is 0. The molecule has 0 amide bonds. The van der Waals surface area contributed by atoms with Gasteiger partial charge in [0.15, 0.2) is 0 Å². The van der Waals surface area contributed by atoms with Gasteiger partial charge in [0.1, 0.15) is 0 Å². The van der Waals surface area contributed by atoms with Crippen molar-refractivity contribution in [2.45, 2.75) is 11.4 Å². The summed E-state index contributed by atoms with van der Waals surface area (Å²) in [6.45, 7) is -0.136. The maximum absolute atomic E-state index is 12.3. The largest absolute Gasteiger partial charge is 0.322 e. The number of hydrogen-bond acceptors (Lipinski definition) is 3. The third-order valence-electron chi connectivity index (χ3n) is 3.48. The molecule has 3 aromatic rings. The van der Waals surface area contributed by atoms with Crippen molar-refractivity contribution in [3.63, 3.8) is 0 Å². The van der Waals surface area contributed by atoms with Crippen molar-refractivity contribution in [2.75, 3.05) is 0 Å². The second kappa shape index (κ2) is 6.57. The lowest BCUT2D eigenvalue weighted by atomic mass is 10.1. The summed E-state index contributed by atoms with van der Waals surface area (Å²) in [7, 11) is -3.81. The van der Waals surface area contributed by atoms with Crippen LogP contribution >= 0.6 is 23.2 Å². The second-order valence-electron chi connectivity index (χ2n) is 5.11. The number of nitrogens with one attached hydrogen (secondary N) is 2. The molecule has 2 N–H and O–H groups in total. The molecular weight excluding hydrogens is 371 g/mol. The molecule has 2 aromatic carbocycles. The highest BCUT2D eigenvalue weighted by Gasteiger charge is 2.16. The Balaban J connectivity index is 1.88. The molecule has 1 aromatic heterocycles. The molecule has 0 spiro atoms. The van der Waals surface area contributed by atoms with Crippen LogP contribution in [-0.2, 0) is 16.6 Å². The molecule has 0 aliphatic rings. The van der Waals surface area contributed by atoms with Crippen LogP contribution < -0.4 is 10.3 Å². The van der Waals surface area contributed by atoms with Crippen molar-refractivity contribution in [1.82, 2.24) is 9.71 Å². The third-order valence-corrected chi connectivity index (χ3v) is 5.62. The zero-order valence-corrected chi connectivity index (χ0v) is 14.5. The molecule has 8 heteroatoms. The number of pyridine rings is 1. The summed E-state index contributed by atoms with van der Waals surface area (Å²) in [4.78, 5) is 14.8. The van der Waals surface area contributed by atoms with Crippen LogP contribution in [-0.4, -0.2) is 13.4 Å². The highest BCUT2D eigenvalue weighted by atomic mass is 35.5. The average Bonchev–Trinajstić information content (AvgIpc) is 2.55. The summed E-state index contributed by atoms with van der Waals surface area (Å²) in [6, 6.07) is 12.9. The van der Waals surface area contributed by atoms with E-state index in [0.29, 0.717) is 11.1 Å². The number of fused-ring (bicyclic) bond motifs is 1. The Hall–Kier alpha value is -1.86. The Morgan fingerprint density at radius 2 is 1.75 bits per heavy atom. The molecule has 24 heavy (non-hydrogen) atoms. The maximum atomic E-state index is 12.3. The smallest absolute Gasteiger partial charge is 0.252 e. The first-order chi connectivity index (χ1) is 11.4. The zero-order chi connectivity index (χ0) is 17.3. The van der Waals surface area contributed by atoms with Crippen molar-refractivity contribution in [3.8, 4) is 0 Å². The fourth-order valence-electron chi connectivity index (χ4n) is 2.22. The van der Waals surface area contributed by atoms with Gasteiger partial charge in [-0.3, -0.25) is 4.79 Å². The molecule has 0 saturated carbocycles. The molecule has 1 heterocycles. The highest BCUT2D eigenvalue weighted by Crippen LogP contribution is 2.24. The van der Waals surface area contributed by atoms with Gasteiger partial charge in [0.05, 0.1) is 14.9 Å². The number of hydrogen-bond donors (Lipinski definition) is 2. The van der Waals surface area contributed by atoms with Crippen LogP contribution in [0.15, 0.2) is 58.2 Å². The molecule has 0 aliphatic carbocycles. The van der Waals surface area contributed by atoms with Gasteiger partial charge in [-0.2, -0.15) is 0 Å². The SMILES string of the molecule is O=c1[nH]c2ccccc2cc1CNS(=O)(=O)c1ccc(Cl)c(Cl)c1. The molecule has 0 aliphatic heterocycles. The first-order valence-corrected chi connectivity index (χ1v) is 9.16. The van der Waals surface area contributed by atoms with Gasteiger partial charge in [-0.15, -0.1) is 0 Å². The number of sulfonamides is 1. The first-order valence-electron chi connectivity index (χ1n) is 6.92. The summed E-state index contributed by atoms with van der Waals surface area (Å²) < 4.78 is 27.0. The third kappa shape index (κ3) is 3.47. The standard InChI is InChI=1S/C16H12Cl2N2O3S/c17-13-6-5-12(8-14(13)18)24(22,23)19-9-11-7-10-3-1-2-4-15(10)20-16(11)21/h1-8,19H,9H2,(H,20,21). The molecular formula is C16H12Cl2N2O3S. The fraction of sp³-hybridized carbons (Fsp3) is 0.0625. The summed E-state index contributed by atoms with van der Waals surface area (Å²) >= 11 is 11.6. The minimum atomic E-state index is -3.81. The van der Waals surface area contributed by atoms with E-state index in [-0.39, 0.29) is 27.0 Å². The summed E-state index contributed by atoms with van der Waals surface area (Å²) in [5.41, 5.74) is 0.668. The predicted molar refractivity (Wildman–Crippen MR) is 95.1 cm³/mol. The lowest BCUT2D eigenvalue weighted by Crippen LogP contribution is -2.27. The van der Waals surface area contributed by atoms with Crippen molar-refractivity contribution in [1.29, 1.82) is 0 Å². The first kappa shape index (κ1) is 17.0. The van der Waals surface area contributed by atoms with Crippen LogP contribution in [0.4, 0.5) is 0 Å². The molecule has 0 radical (unpaired) electrons. The number of aromatic nitrogens is 1. The topological polar surface area (TPSA) is 79.0 Å². The van der Waals surface area contributed by atoms with Gasteiger partial charge in [0, 0.05) is 17.6 Å². The fourth-order valence-corrected chi connectivity index (χ4v) is 3.62. The van der Waals surface area contributed by atoms with E-state index in [1.807, 2.05) is 18.2 Å². The van der Waals surface area contributed by atoms with Gasteiger partial charge in [0.25, 0.3) is 5.56 Å². The van der Waals surface area contributed by atoms with E-state index >= 15 is 0 Å². The van der Waals surface area contributed by atoms with E-state index in [4.69, 9.17) is 23.2 Å². The predicted octanol–water partition coefficient (Wildman–Crippen LogP) is 3.31. The lowest BCUT2D eigenvalue weighted by Gasteiger charge is -2.08. The quantitative estimate of drug-likeness (QED) is 0.726. The highest BCUT2D eigenvalue weighted by molar-refractivity contribution is 7.89. The molecule has 0 unspecified atom stereocenters. The molecule has 0 atom stereocenters. The minimum Gasteiger partial charge on any atom is -0.322 e. The number of benzene rings is 2. The Morgan fingerprint density at radius 3 is 2.50 bits per heavy atom. The van der Waals surface area contributed by atoms with Crippen molar-refractivity contribution < 1.29 is 8.42 Å². The Bertz CT molecular complexity index is 1080. The average molecular weight is 383 g/mol. The Kier molecular flexibility index (Phi) is 4.64. The normalized spacial score (nSPS) is 11.8. The van der Waals surface area contributed by atoms with Crippen LogP contribution in [0, 0.1) is 0 Å². The molecule has 124 valence electrons. The van der Waals surface area contributed by atoms with Gasteiger partial charge >= 0.3 is 0 Å². The van der Waals surface area contributed by atoms with Crippen LogP contribution in [0.2, 0.25) is 10.0 Å². The van der Waals surface area contributed by atoms with Gasteiger partial charge < -0.3 is 4.98 Å². The molecule has 0 bridgehead atoms. The minimum absolute atomic E-state index is 0.0193. The second-order valence-corrected chi connectivity index (χ2v) is 7.69. The van der Waals surface area contributed by atoms with E-state index < -0.39 is 10.0 Å². The van der Waals surface area contributed by atoms with Gasteiger partial charge in [0.2, 0.25) is 10.0 Å². The molecule has 3 rings (SSSR count). The monoisotopic (exact) mass is 382 g/mol. The van der Waals surface area contributed by atoms with E-state index in [1.54, 1.807) is 12.1 Å². The van der Waals surface area contributed by atoms with E-state index in [1.165, 1.54) is 18.2 Å². The molecule has 0 fully saturated rings. The van der Waals surface area contributed by atoms with Crippen LogP contribution in [0.1, 0.15) is 5.56 Å². The van der Waals surface area contributed by atoms with Gasteiger partial charge in [-0.25, -0.2) is 13.1 Å². The molecule has 5 nitrogen and oxygen atoms in total. The summed E-state index contributed by atoms with van der Waals surface area (Å²) in [6.07, 6.45) is 0. The van der Waals surface area contributed by atoms with Crippen LogP contribution in [0.3, 0.4) is 0 Å². The van der Waals surface area contributed by atoms with Crippen molar-refractivity contribution in [2.24, 2.45) is 0 Å². The lowest BCUT2D eigenvalue weighted by molar-refractivity contribution is 0.581. The van der Waals surface area contributed by atoms with Gasteiger partial charge in [-0.1, -0.05) is 41.4 Å². The zero-order valence-electron chi connectivity index (χ0n) is 12.2. The van der Waals surface area contributed by atoms with E-state index in [0.717, 1.165) is 5.39 Å². The van der Waals surface area contributed by atoms with Crippen molar-refractivity contribution in [3.05, 3.63) is 74.5 Å². The Morgan fingerprint density at radius 1 is 1.00 bits per heavy atom. The number of rotatable bonds is 4. The van der Waals surface area contributed by atoms with Crippen LogP contribution in [0.5, 0.6) is 0 Å². The van der Waals surface area contributed by atoms with Gasteiger partial charge in [-0.05, 0) is 35.7 Å².